The lowest BCUT2D eigenvalue weighted by molar-refractivity contribution is -0.119. The van der Waals surface area contributed by atoms with Gasteiger partial charge < -0.3 is 15.0 Å². The molecule has 0 atom stereocenters. The van der Waals surface area contributed by atoms with Gasteiger partial charge in [-0.2, -0.15) is 5.26 Å². The highest BCUT2D eigenvalue weighted by atomic mass is 16.5. The van der Waals surface area contributed by atoms with E-state index in [0.29, 0.717) is 11.3 Å². The van der Waals surface area contributed by atoms with Gasteiger partial charge >= 0.3 is 5.97 Å². The Morgan fingerprint density at radius 3 is 2.52 bits per heavy atom. The van der Waals surface area contributed by atoms with E-state index in [2.05, 4.69) is 10.2 Å². The molecule has 0 bridgehead atoms. The fourth-order valence-electron chi connectivity index (χ4n) is 3.03. The Kier molecular flexibility index (Phi) is 6.06. The van der Waals surface area contributed by atoms with Crippen molar-refractivity contribution in [1.82, 2.24) is 0 Å². The lowest BCUT2D eigenvalue weighted by Crippen LogP contribution is -2.29. The molecule has 0 saturated carbocycles. The van der Waals surface area contributed by atoms with E-state index < -0.39 is 11.9 Å². The summed E-state index contributed by atoms with van der Waals surface area (Å²) in [5, 5.41) is 11.6. The number of nitrogens with one attached hydrogen (secondary N) is 1. The number of nitriles is 1. The van der Waals surface area contributed by atoms with Gasteiger partial charge in [-0.05, 0) is 61.7 Å². The van der Waals surface area contributed by atoms with Gasteiger partial charge in [0.1, 0.15) is 0 Å². The number of piperidine rings is 1. The third-order valence-electron chi connectivity index (χ3n) is 4.43. The molecule has 27 heavy (non-hydrogen) atoms. The maximum absolute atomic E-state index is 12.0. The molecule has 0 aromatic heterocycles. The average Bonchev–Trinajstić information content (AvgIpc) is 2.73. The van der Waals surface area contributed by atoms with Crippen molar-refractivity contribution in [3.63, 3.8) is 0 Å². The molecule has 1 fully saturated rings. The number of rotatable bonds is 5. The number of carbonyl (C=O) groups is 2. The minimum atomic E-state index is -0.636. The van der Waals surface area contributed by atoms with Gasteiger partial charge in [-0.1, -0.05) is 6.07 Å². The highest BCUT2D eigenvalue weighted by Crippen LogP contribution is 2.21. The van der Waals surface area contributed by atoms with E-state index in [0.717, 1.165) is 18.8 Å². The zero-order valence-corrected chi connectivity index (χ0v) is 15.0. The van der Waals surface area contributed by atoms with Crippen molar-refractivity contribution in [2.75, 3.05) is 29.9 Å². The normalized spacial score (nSPS) is 13.5. The monoisotopic (exact) mass is 363 g/mol. The van der Waals surface area contributed by atoms with E-state index >= 15 is 0 Å². The summed E-state index contributed by atoms with van der Waals surface area (Å²) in [6.45, 7) is 1.74. The molecular formula is C21H21N3O3. The summed E-state index contributed by atoms with van der Waals surface area (Å²) in [5.41, 5.74) is 2.41. The number of hydrogen-bond donors (Lipinski definition) is 1. The van der Waals surface area contributed by atoms with E-state index in [1.54, 1.807) is 18.2 Å². The predicted octanol–water partition coefficient (Wildman–Crippen LogP) is 3.34. The number of hydrogen-bond acceptors (Lipinski definition) is 5. The first-order chi connectivity index (χ1) is 13.2. The van der Waals surface area contributed by atoms with Gasteiger partial charge in [0.05, 0.1) is 17.2 Å². The molecule has 2 aromatic carbocycles. The van der Waals surface area contributed by atoms with Crippen molar-refractivity contribution in [3.8, 4) is 6.07 Å². The van der Waals surface area contributed by atoms with Crippen LogP contribution in [0.2, 0.25) is 0 Å². The van der Waals surface area contributed by atoms with Crippen LogP contribution in [0.15, 0.2) is 48.5 Å². The third-order valence-corrected chi connectivity index (χ3v) is 4.43. The van der Waals surface area contributed by atoms with Crippen molar-refractivity contribution < 1.29 is 14.3 Å². The smallest absolute Gasteiger partial charge is 0.338 e. The standard InChI is InChI=1S/C21H21N3O3/c22-14-16-5-4-6-17(13-16)21(26)27-15-20(25)23-18-7-9-19(10-8-18)24-11-2-1-3-12-24/h4-10,13H,1-3,11-12,15H2,(H,23,25). The van der Waals surface area contributed by atoms with Gasteiger partial charge in [0.2, 0.25) is 0 Å². The highest BCUT2D eigenvalue weighted by Gasteiger charge is 2.13. The Morgan fingerprint density at radius 1 is 1.07 bits per heavy atom. The summed E-state index contributed by atoms with van der Waals surface area (Å²) in [4.78, 5) is 26.3. The second-order valence-electron chi connectivity index (χ2n) is 6.41. The summed E-state index contributed by atoms with van der Waals surface area (Å²) in [5.74, 6) is -1.05. The van der Waals surface area contributed by atoms with E-state index in [-0.39, 0.29) is 12.2 Å². The molecule has 3 rings (SSSR count). The van der Waals surface area contributed by atoms with Crippen LogP contribution in [0.3, 0.4) is 0 Å². The Hall–Kier alpha value is -3.33. The van der Waals surface area contributed by atoms with Crippen LogP contribution in [0.5, 0.6) is 0 Å². The molecule has 6 nitrogen and oxygen atoms in total. The zero-order valence-electron chi connectivity index (χ0n) is 15.0. The van der Waals surface area contributed by atoms with Gasteiger partial charge in [-0.25, -0.2) is 4.79 Å². The van der Waals surface area contributed by atoms with Gasteiger partial charge in [0, 0.05) is 24.5 Å². The summed E-state index contributed by atoms with van der Waals surface area (Å²) >= 11 is 0. The molecule has 1 N–H and O–H groups in total. The van der Waals surface area contributed by atoms with Gasteiger partial charge in [0.15, 0.2) is 6.61 Å². The summed E-state index contributed by atoms with van der Waals surface area (Å²) in [6.07, 6.45) is 3.70. The number of ether oxygens (including phenoxy) is 1. The fourth-order valence-corrected chi connectivity index (χ4v) is 3.03. The van der Waals surface area contributed by atoms with Crippen molar-refractivity contribution in [2.24, 2.45) is 0 Å². The SMILES string of the molecule is N#Cc1cccc(C(=O)OCC(=O)Nc2ccc(N3CCCCC3)cc2)c1. The Morgan fingerprint density at radius 2 is 1.81 bits per heavy atom. The molecule has 1 aliphatic heterocycles. The maximum Gasteiger partial charge on any atom is 0.338 e. The van der Waals surface area contributed by atoms with Gasteiger partial charge in [-0.3, -0.25) is 4.79 Å². The Labute approximate surface area is 158 Å². The van der Waals surface area contributed by atoms with Crippen molar-refractivity contribution >= 4 is 23.3 Å². The Bertz CT molecular complexity index is 850. The number of amides is 1. The number of benzene rings is 2. The average molecular weight is 363 g/mol. The van der Waals surface area contributed by atoms with E-state index in [9.17, 15) is 9.59 Å². The zero-order chi connectivity index (χ0) is 19.1. The lowest BCUT2D eigenvalue weighted by Gasteiger charge is -2.28. The maximum atomic E-state index is 12.0. The molecule has 138 valence electrons. The van der Waals surface area contributed by atoms with Crippen LogP contribution >= 0.6 is 0 Å². The predicted molar refractivity (Wildman–Crippen MR) is 103 cm³/mol. The quantitative estimate of drug-likeness (QED) is 0.824. The number of nitrogens with zero attached hydrogens (tertiary/aromatic N) is 2. The highest BCUT2D eigenvalue weighted by molar-refractivity contribution is 5.95. The molecule has 0 unspecified atom stereocenters. The number of esters is 1. The molecule has 1 aliphatic rings. The molecule has 0 radical (unpaired) electrons. The van der Waals surface area contributed by atoms with E-state index in [4.69, 9.17) is 10.00 Å². The molecule has 6 heteroatoms. The minimum absolute atomic E-state index is 0.243. The first-order valence-corrected chi connectivity index (χ1v) is 8.98. The van der Waals surface area contributed by atoms with Crippen LogP contribution in [-0.2, 0) is 9.53 Å². The lowest BCUT2D eigenvalue weighted by atomic mass is 10.1. The van der Waals surface area contributed by atoms with Gasteiger partial charge in [-0.15, -0.1) is 0 Å². The van der Waals surface area contributed by atoms with Crippen LogP contribution in [-0.4, -0.2) is 31.6 Å². The first-order valence-electron chi connectivity index (χ1n) is 8.98. The minimum Gasteiger partial charge on any atom is -0.452 e. The van der Waals surface area contributed by atoms with Crippen molar-refractivity contribution in [1.29, 1.82) is 5.26 Å². The van der Waals surface area contributed by atoms with Crippen LogP contribution < -0.4 is 10.2 Å². The van der Waals surface area contributed by atoms with Crippen LogP contribution in [0.4, 0.5) is 11.4 Å². The molecule has 1 amide bonds. The van der Waals surface area contributed by atoms with Crippen molar-refractivity contribution in [3.05, 3.63) is 59.7 Å². The largest absolute Gasteiger partial charge is 0.452 e. The third kappa shape index (κ3) is 5.08. The molecule has 1 saturated heterocycles. The summed E-state index contributed by atoms with van der Waals surface area (Å²) in [6, 6.07) is 15.8. The fraction of sp³-hybridized carbons (Fsp3) is 0.286. The molecular weight excluding hydrogens is 342 g/mol. The van der Waals surface area contributed by atoms with Crippen LogP contribution in [0.25, 0.3) is 0 Å². The van der Waals surface area contributed by atoms with Gasteiger partial charge in [0.25, 0.3) is 5.91 Å². The van der Waals surface area contributed by atoms with Crippen molar-refractivity contribution in [2.45, 2.75) is 19.3 Å². The van der Waals surface area contributed by atoms with Crippen LogP contribution in [0, 0.1) is 11.3 Å². The second-order valence-corrected chi connectivity index (χ2v) is 6.41. The first kappa shape index (κ1) is 18.5. The second kappa shape index (κ2) is 8.86. The molecule has 2 aromatic rings. The topological polar surface area (TPSA) is 82.4 Å². The number of anilines is 2. The molecule has 0 spiro atoms. The van der Waals surface area contributed by atoms with E-state index in [1.165, 1.54) is 25.3 Å². The van der Waals surface area contributed by atoms with Crippen LogP contribution in [0.1, 0.15) is 35.2 Å². The number of carbonyl (C=O) groups excluding carboxylic acids is 2. The summed E-state index contributed by atoms with van der Waals surface area (Å²) in [7, 11) is 0. The molecule has 0 aliphatic carbocycles. The Balaban J connectivity index is 1.50. The van der Waals surface area contributed by atoms with E-state index in [1.807, 2.05) is 30.3 Å². The summed E-state index contributed by atoms with van der Waals surface area (Å²) < 4.78 is 5.01. The molecule has 1 heterocycles.